The largest absolute Gasteiger partial charge is 0.376 e. The predicted molar refractivity (Wildman–Crippen MR) is 52.1 cm³/mol. The quantitative estimate of drug-likeness (QED) is 0.690. The molecule has 1 saturated heterocycles. The Morgan fingerprint density at radius 1 is 1.50 bits per heavy atom. The molecule has 1 aliphatic carbocycles. The molecule has 14 heavy (non-hydrogen) atoms. The highest BCUT2D eigenvalue weighted by atomic mass is 16.6. The molecule has 2 rings (SSSR count). The molecule has 2 fully saturated rings. The molecule has 0 aromatic heterocycles. The molecule has 0 aromatic rings. The second kappa shape index (κ2) is 4.41. The lowest BCUT2D eigenvalue weighted by atomic mass is 9.84. The van der Waals surface area contributed by atoms with E-state index in [9.17, 15) is 4.79 Å². The first-order chi connectivity index (χ1) is 6.79. The molecule has 1 saturated carbocycles. The first-order valence-electron chi connectivity index (χ1n) is 5.54. The zero-order chi connectivity index (χ0) is 9.97. The molecule has 0 radical (unpaired) electrons. The number of hydrogen-bond donors (Lipinski definition) is 0. The molecule has 2 aliphatic rings. The van der Waals surface area contributed by atoms with Crippen LogP contribution in [0.15, 0.2) is 0 Å². The van der Waals surface area contributed by atoms with Gasteiger partial charge in [0.2, 0.25) is 0 Å². The topological polar surface area (TPSA) is 35.5 Å². The number of Topliss-reactive ketones (excluding diaryl/α,β-unsaturated/α-hetero) is 1. The minimum absolute atomic E-state index is 0.162. The van der Waals surface area contributed by atoms with Gasteiger partial charge in [0, 0.05) is 12.8 Å². The minimum Gasteiger partial charge on any atom is -0.376 e. The second-order valence-corrected chi connectivity index (χ2v) is 4.28. The maximum absolute atomic E-state index is 11.3. The maximum Gasteiger partial charge on any atom is 0.135 e. The van der Waals surface area contributed by atoms with Crippen molar-refractivity contribution in [1.29, 1.82) is 0 Å². The predicted octanol–water partition coefficient (Wildman–Crippen LogP) is 1.55. The Balaban J connectivity index is 1.87. The normalized spacial score (nSPS) is 34.2. The van der Waals surface area contributed by atoms with Crippen molar-refractivity contribution in [2.75, 3.05) is 13.2 Å². The monoisotopic (exact) mass is 198 g/mol. The van der Waals surface area contributed by atoms with Crippen molar-refractivity contribution in [2.45, 2.75) is 44.8 Å². The highest BCUT2D eigenvalue weighted by Gasteiger charge is 2.32. The molecule has 0 bridgehead atoms. The fraction of sp³-hybridized carbons (Fsp3) is 0.909. The van der Waals surface area contributed by atoms with Crippen molar-refractivity contribution < 1.29 is 14.3 Å². The SMILES string of the molecule is CCC1CCC(=O)CC1OC1COC1. The zero-order valence-corrected chi connectivity index (χ0v) is 8.70. The number of ether oxygens (including phenoxy) is 2. The lowest BCUT2D eigenvalue weighted by molar-refractivity contribution is -0.174. The van der Waals surface area contributed by atoms with Crippen LogP contribution in [-0.2, 0) is 14.3 Å². The molecular weight excluding hydrogens is 180 g/mol. The van der Waals surface area contributed by atoms with Crippen molar-refractivity contribution in [1.82, 2.24) is 0 Å². The Labute approximate surface area is 84.8 Å². The molecular formula is C11H18O3. The van der Waals surface area contributed by atoms with Crippen LogP contribution in [0.1, 0.15) is 32.6 Å². The van der Waals surface area contributed by atoms with E-state index >= 15 is 0 Å². The lowest BCUT2D eigenvalue weighted by Crippen LogP contribution is -2.43. The van der Waals surface area contributed by atoms with Gasteiger partial charge in [-0.2, -0.15) is 0 Å². The summed E-state index contributed by atoms with van der Waals surface area (Å²) < 4.78 is 10.9. The standard InChI is InChI=1S/C11H18O3/c1-2-8-3-4-9(12)5-11(8)14-10-6-13-7-10/h8,10-11H,2-7H2,1H3. The summed E-state index contributed by atoms with van der Waals surface area (Å²) in [5, 5.41) is 0. The summed E-state index contributed by atoms with van der Waals surface area (Å²) in [6.07, 6.45) is 3.91. The van der Waals surface area contributed by atoms with E-state index in [0.717, 1.165) is 19.3 Å². The van der Waals surface area contributed by atoms with E-state index in [-0.39, 0.29) is 12.2 Å². The molecule has 1 aliphatic heterocycles. The van der Waals surface area contributed by atoms with E-state index in [1.807, 2.05) is 0 Å². The summed E-state index contributed by atoms with van der Waals surface area (Å²) in [7, 11) is 0. The average Bonchev–Trinajstić information content (AvgIpc) is 2.12. The molecule has 0 amide bonds. The third kappa shape index (κ3) is 2.15. The average molecular weight is 198 g/mol. The van der Waals surface area contributed by atoms with Gasteiger partial charge in [0.05, 0.1) is 19.3 Å². The Hall–Kier alpha value is -0.410. The first-order valence-corrected chi connectivity index (χ1v) is 5.54. The molecule has 0 aromatic carbocycles. The van der Waals surface area contributed by atoms with E-state index < -0.39 is 0 Å². The number of carbonyl (C=O) groups is 1. The van der Waals surface area contributed by atoms with Crippen LogP contribution in [0.2, 0.25) is 0 Å². The van der Waals surface area contributed by atoms with Crippen LogP contribution >= 0.6 is 0 Å². The molecule has 0 N–H and O–H groups in total. The summed E-state index contributed by atoms with van der Waals surface area (Å²) in [4.78, 5) is 11.3. The zero-order valence-electron chi connectivity index (χ0n) is 8.70. The van der Waals surface area contributed by atoms with Crippen molar-refractivity contribution in [3.63, 3.8) is 0 Å². The smallest absolute Gasteiger partial charge is 0.135 e. The number of carbonyl (C=O) groups excluding carboxylic acids is 1. The van der Waals surface area contributed by atoms with Gasteiger partial charge in [0.15, 0.2) is 0 Å². The van der Waals surface area contributed by atoms with E-state index in [4.69, 9.17) is 9.47 Å². The first kappa shape index (κ1) is 10.1. The van der Waals surface area contributed by atoms with Crippen molar-refractivity contribution in [3.8, 4) is 0 Å². The van der Waals surface area contributed by atoms with Gasteiger partial charge < -0.3 is 9.47 Å². The Morgan fingerprint density at radius 2 is 2.29 bits per heavy atom. The Bertz CT molecular complexity index is 211. The number of ketones is 1. The Morgan fingerprint density at radius 3 is 2.86 bits per heavy atom. The molecule has 2 atom stereocenters. The summed E-state index contributed by atoms with van der Waals surface area (Å²) in [6.45, 7) is 3.59. The molecule has 2 unspecified atom stereocenters. The summed E-state index contributed by atoms with van der Waals surface area (Å²) in [5.74, 6) is 0.938. The van der Waals surface area contributed by atoms with Crippen LogP contribution in [0.4, 0.5) is 0 Å². The molecule has 0 spiro atoms. The van der Waals surface area contributed by atoms with E-state index in [0.29, 0.717) is 31.3 Å². The summed E-state index contributed by atoms with van der Waals surface area (Å²) in [5.41, 5.74) is 0. The van der Waals surface area contributed by atoms with Crippen molar-refractivity contribution in [2.24, 2.45) is 5.92 Å². The van der Waals surface area contributed by atoms with Gasteiger partial charge in [-0.1, -0.05) is 13.3 Å². The highest BCUT2D eigenvalue weighted by Crippen LogP contribution is 2.29. The molecule has 3 nitrogen and oxygen atoms in total. The summed E-state index contributed by atoms with van der Waals surface area (Å²) >= 11 is 0. The minimum atomic E-state index is 0.162. The Kier molecular flexibility index (Phi) is 3.19. The van der Waals surface area contributed by atoms with Crippen LogP contribution in [0.3, 0.4) is 0 Å². The van der Waals surface area contributed by atoms with Gasteiger partial charge in [-0.05, 0) is 12.3 Å². The van der Waals surface area contributed by atoms with Crippen LogP contribution in [0, 0.1) is 5.92 Å². The van der Waals surface area contributed by atoms with E-state index in [1.54, 1.807) is 0 Å². The fourth-order valence-electron chi connectivity index (χ4n) is 2.19. The van der Waals surface area contributed by atoms with Crippen LogP contribution in [0.25, 0.3) is 0 Å². The van der Waals surface area contributed by atoms with Gasteiger partial charge in [0.1, 0.15) is 11.9 Å². The van der Waals surface area contributed by atoms with Crippen LogP contribution < -0.4 is 0 Å². The van der Waals surface area contributed by atoms with Gasteiger partial charge in [-0.25, -0.2) is 0 Å². The fourth-order valence-corrected chi connectivity index (χ4v) is 2.19. The van der Waals surface area contributed by atoms with Gasteiger partial charge in [-0.15, -0.1) is 0 Å². The van der Waals surface area contributed by atoms with Gasteiger partial charge in [-0.3, -0.25) is 4.79 Å². The summed E-state index contributed by atoms with van der Waals surface area (Å²) in [6, 6.07) is 0. The maximum atomic E-state index is 11.3. The molecule has 80 valence electrons. The number of hydrogen-bond acceptors (Lipinski definition) is 3. The van der Waals surface area contributed by atoms with Crippen molar-refractivity contribution in [3.05, 3.63) is 0 Å². The molecule has 1 heterocycles. The van der Waals surface area contributed by atoms with Gasteiger partial charge in [0.25, 0.3) is 0 Å². The van der Waals surface area contributed by atoms with Crippen LogP contribution in [0.5, 0.6) is 0 Å². The number of rotatable bonds is 3. The second-order valence-electron chi connectivity index (χ2n) is 4.28. The molecule has 3 heteroatoms. The van der Waals surface area contributed by atoms with E-state index in [1.165, 1.54) is 0 Å². The van der Waals surface area contributed by atoms with Crippen LogP contribution in [-0.4, -0.2) is 31.2 Å². The van der Waals surface area contributed by atoms with E-state index in [2.05, 4.69) is 6.92 Å². The highest BCUT2D eigenvalue weighted by molar-refractivity contribution is 5.79. The lowest BCUT2D eigenvalue weighted by Gasteiger charge is -2.36. The third-order valence-electron chi connectivity index (χ3n) is 3.25. The third-order valence-corrected chi connectivity index (χ3v) is 3.25. The van der Waals surface area contributed by atoms with Crippen molar-refractivity contribution >= 4 is 5.78 Å². The van der Waals surface area contributed by atoms with Gasteiger partial charge >= 0.3 is 0 Å².